The van der Waals surface area contributed by atoms with Gasteiger partial charge in [-0.3, -0.25) is 4.79 Å². The van der Waals surface area contributed by atoms with Gasteiger partial charge < -0.3 is 4.42 Å². The van der Waals surface area contributed by atoms with Crippen molar-refractivity contribution in [2.24, 2.45) is 5.92 Å². The lowest BCUT2D eigenvalue weighted by molar-refractivity contribution is 0.570. The van der Waals surface area contributed by atoms with Crippen LogP contribution in [0.3, 0.4) is 0 Å². The first-order chi connectivity index (χ1) is 8.66. The Morgan fingerprint density at radius 2 is 2.06 bits per heavy atom. The standard InChI is InChI=1S/C15H14O2S/c1-9(2)13-8-7-12-15(18-13)14(16)10-5-3-4-6-11(10)17-12/h3-9,13H,1-2H3. The summed E-state index contributed by atoms with van der Waals surface area (Å²) in [5.74, 6) is 1.20. The van der Waals surface area contributed by atoms with Crippen molar-refractivity contribution < 1.29 is 4.42 Å². The minimum Gasteiger partial charge on any atom is -0.455 e. The second kappa shape index (κ2) is 4.32. The van der Waals surface area contributed by atoms with Gasteiger partial charge >= 0.3 is 0 Å². The minimum absolute atomic E-state index is 0.0897. The van der Waals surface area contributed by atoms with Crippen molar-refractivity contribution in [3.8, 4) is 0 Å². The van der Waals surface area contributed by atoms with Gasteiger partial charge in [-0.1, -0.05) is 32.1 Å². The molecule has 18 heavy (non-hydrogen) atoms. The van der Waals surface area contributed by atoms with Crippen molar-refractivity contribution in [1.29, 1.82) is 0 Å². The molecule has 0 fully saturated rings. The van der Waals surface area contributed by atoms with Crippen LogP contribution in [-0.2, 0) is 0 Å². The van der Waals surface area contributed by atoms with E-state index in [4.69, 9.17) is 4.42 Å². The van der Waals surface area contributed by atoms with Crippen LogP contribution in [0.4, 0.5) is 0 Å². The highest BCUT2D eigenvalue weighted by atomic mass is 32.2. The normalized spacial score (nSPS) is 18.3. The Balaban J connectivity index is 2.23. The molecule has 3 rings (SSSR count). The average molecular weight is 258 g/mol. The van der Waals surface area contributed by atoms with E-state index in [-0.39, 0.29) is 5.43 Å². The first kappa shape index (κ1) is 11.6. The van der Waals surface area contributed by atoms with E-state index in [0.717, 1.165) is 4.90 Å². The summed E-state index contributed by atoms with van der Waals surface area (Å²) < 4.78 is 5.79. The smallest absolute Gasteiger partial charge is 0.206 e. The van der Waals surface area contributed by atoms with E-state index < -0.39 is 0 Å². The molecule has 0 spiro atoms. The third-order valence-corrected chi connectivity index (χ3v) is 4.73. The highest BCUT2D eigenvalue weighted by Gasteiger charge is 2.22. The molecule has 0 saturated carbocycles. The summed E-state index contributed by atoms with van der Waals surface area (Å²) in [4.78, 5) is 13.2. The van der Waals surface area contributed by atoms with Crippen LogP contribution < -0.4 is 5.43 Å². The Hall–Kier alpha value is -1.48. The molecule has 0 bridgehead atoms. The number of hydrogen-bond acceptors (Lipinski definition) is 3. The van der Waals surface area contributed by atoms with Gasteiger partial charge in [0, 0.05) is 5.25 Å². The van der Waals surface area contributed by atoms with Crippen molar-refractivity contribution in [1.82, 2.24) is 0 Å². The van der Waals surface area contributed by atoms with Crippen LogP contribution in [-0.4, -0.2) is 5.25 Å². The molecule has 1 aliphatic rings. The Kier molecular flexibility index (Phi) is 2.78. The highest BCUT2D eigenvalue weighted by molar-refractivity contribution is 8.00. The number of rotatable bonds is 1. The van der Waals surface area contributed by atoms with E-state index in [2.05, 4.69) is 19.9 Å². The molecule has 1 aromatic carbocycles. The molecule has 1 atom stereocenters. The minimum atomic E-state index is 0.0897. The maximum atomic E-state index is 12.4. The zero-order chi connectivity index (χ0) is 12.7. The SMILES string of the molecule is CC(C)C1C=Cc2oc3ccccc3c(=O)c2S1. The summed E-state index contributed by atoms with van der Waals surface area (Å²) in [5, 5.41) is 1.02. The van der Waals surface area contributed by atoms with Gasteiger partial charge in [-0.2, -0.15) is 0 Å². The molecule has 0 saturated heterocycles. The fraction of sp³-hybridized carbons (Fsp3) is 0.267. The van der Waals surface area contributed by atoms with Gasteiger partial charge in [0.1, 0.15) is 11.3 Å². The molecule has 3 heteroatoms. The van der Waals surface area contributed by atoms with Crippen LogP contribution in [0.5, 0.6) is 0 Å². The zero-order valence-electron chi connectivity index (χ0n) is 10.3. The number of para-hydroxylation sites is 1. The molecular weight excluding hydrogens is 244 g/mol. The summed E-state index contributed by atoms with van der Waals surface area (Å²) in [6.45, 7) is 4.32. The van der Waals surface area contributed by atoms with Gasteiger partial charge in [0.15, 0.2) is 0 Å². The van der Waals surface area contributed by atoms with Crippen LogP contribution in [0.25, 0.3) is 17.0 Å². The van der Waals surface area contributed by atoms with Crippen LogP contribution >= 0.6 is 11.8 Å². The highest BCUT2D eigenvalue weighted by Crippen LogP contribution is 2.35. The van der Waals surface area contributed by atoms with Gasteiger partial charge in [-0.15, -0.1) is 11.8 Å². The molecule has 1 aliphatic heterocycles. The number of hydrogen-bond donors (Lipinski definition) is 0. The predicted octanol–water partition coefficient (Wildman–Crippen LogP) is 3.94. The van der Waals surface area contributed by atoms with Crippen molar-refractivity contribution in [3.63, 3.8) is 0 Å². The fourth-order valence-corrected chi connectivity index (χ4v) is 3.22. The van der Waals surface area contributed by atoms with Crippen LogP contribution in [0.15, 0.2) is 44.4 Å². The molecule has 0 aliphatic carbocycles. The maximum absolute atomic E-state index is 12.4. The predicted molar refractivity (Wildman–Crippen MR) is 76.0 cm³/mol. The Labute approximate surface area is 110 Å². The van der Waals surface area contributed by atoms with Gasteiger partial charge in [0.25, 0.3) is 0 Å². The van der Waals surface area contributed by atoms with Crippen LogP contribution in [0.1, 0.15) is 19.6 Å². The topological polar surface area (TPSA) is 30.2 Å². The Morgan fingerprint density at radius 3 is 2.83 bits per heavy atom. The lowest BCUT2D eigenvalue weighted by atomic mass is 10.1. The van der Waals surface area contributed by atoms with E-state index in [1.165, 1.54) is 0 Å². The molecule has 1 unspecified atom stereocenters. The molecule has 92 valence electrons. The average Bonchev–Trinajstić information content (AvgIpc) is 2.38. The first-order valence-electron chi connectivity index (χ1n) is 6.07. The largest absolute Gasteiger partial charge is 0.455 e. The lowest BCUT2D eigenvalue weighted by Gasteiger charge is -2.20. The molecular formula is C15H14O2S. The summed E-state index contributed by atoms with van der Waals surface area (Å²) >= 11 is 1.61. The molecule has 2 nitrogen and oxygen atoms in total. The van der Waals surface area contributed by atoms with Gasteiger partial charge in [0.05, 0.1) is 10.3 Å². The maximum Gasteiger partial charge on any atom is 0.206 e. The van der Waals surface area contributed by atoms with Crippen molar-refractivity contribution in [3.05, 3.63) is 46.3 Å². The van der Waals surface area contributed by atoms with E-state index in [0.29, 0.717) is 27.9 Å². The first-order valence-corrected chi connectivity index (χ1v) is 6.95. The lowest BCUT2D eigenvalue weighted by Crippen LogP contribution is -2.16. The third kappa shape index (κ3) is 1.79. The van der Waals surface area contributed by atoms with Gasteiger partial charge in [-0.05, 0) is 24.1 Å². The summed E-state index contributed by atoms with van der Waals surface area (Å²) in [5.41, 5.74) is 0.751. The van der Waals surface area contributed by atoms with E-state index >= 15 is 0 Å². The molecule has 0 amide bonds. The van der Waals surface area contributed by atoms with Crippen molar-refractivity contribution >= 4 is 28.8 Å². The van der Waals surface area contributed by atoms with Crippen LogP contribution in [0, 0.1) is 5.92 Å². The molecule has 1 aromatic heterocycles. The second-order valence-electron chi connectivity index (χ2n) is 4.81. The monoisotopic (exact) mass is 258 g/mol. The van der Waals surface area contributed by atoms with Crippen molar-refractivity contribution in [2.75, 3.05) is 0 Å². The number of benzene rings is 1. The van der Waals surface area contributed by atoms with E-state index in [9.17, 15) is 4.79 Å². The number of fused-ring (bicyclic) bond motifs is 2. The number of thioether (sulfide) groups is 1. The Bertz CT molecular complexity index is 682. The quantitative estimate of drug-likeness (QED) is 0.776. The summed E-state index contributed by atoms with van der Waals surface area (Å²) in [6, 6.07) is 7.41. The van der Waals surface area contributed by atoms with Crippen molar-refractivity contribution in [2.45, 2.75) is 24.0 Å². The zero-order valence-corrected chi connectivity index (χ0v) is 11.2. The molecule has 2 aromatic rings. The van der Waals surface area contributed by atoms with Gasteiger partial charge in [-0.25, -0.2) is 0 Å². The molecule has 2 heterocycles. The van der Waals surface area contributed by atoms with Gasteiger partial charge in [0.2, 0.25) is 5.43 Å². The van der Waals surface area contributed by atoms with E-state index in [1.54, 1.807) is 11.8 Å². The molecule has 0 N–H and O–H groups in total. The molecule has 0 radical (unpaired) electrons. The second-order valence-corrected chi connectivity index (χ2v) is 5.99. The summed E-state index contributed by atoms with van der Waals surface area (Å²) in [7, 11) is 0. The van der Waals surface area contributed by atoms with E-state index in [1.807, 2.05) is 30.3 Å². The Morgan fingerprint density at radius 1 is 1.28 bits per heavy atom. The third-order valence-electron chi connectivity index (χ3n) is 3.13. The summed E-state index contributed by atoms with van der Waals surface area (Å²) in [6.07, 6.45) is 4.06. The van der Waals surface area contributed by atoms with Crippen LogP contribution in [0.2, 0.25) is 0 Å². The fourth-order valence-electron chi connectivity index (χ4n) is 2.08.